The minimum Gasteiger partial charge on any atom is -0.310 e. The molecule has 66 heavy (non-hydrogen) atoms. The zero-order valence-electron chi connectivity index (χ0n) is 38.5. The fourth-order valence-electron chi connectivity index (χ4n) is 11.5. The van der Waals surface area contributed by atoms with Crippen LogP contribution in [0, 0.1) is 13.8 Å². The SMILES string of the molecule is Cc1ccc2c(c1)C(C)(C)c1c(-c3ccc(N(c4ccccc4)c4ccc5ccccc5c4)c4c3C(C)(C)c3cc(C)ccc3-4)ccc(N(c3ccccc3)c3ccc4ccccc4c3)c1-2. The Balaban J connectivity index is 1.16. The smallest absolute Gasteiger partial charge is 0.0543 e. The predicted molar refractivity (Wildman–Crippen MR) is 281 cm³/mol. The summed E-state index contributed by atoms with van der Waals surface area (Å²) < 4.78 is 0. The van der Waals surface area contributed by atoms with Crippen LogP contribution in [0.15, 0.2) is 206 Å². The van der Waals surface area contributed by atoms with Crippen LogP contribution >= 0.6 is 0 Å². The van der Waals surface area contributed by atoms with Crippen LogP contribution in [0.3, 0.4) is 0 Å². The third-order valence-corrected chi connectivity index (χ3v) is 14.6. The molecular formula is C64H52N2. The van der Waals surface area contributed by atoms with E-state index in [0.717, 1.165) is 22.7 Å². The highest BCUT2D eigenvalue weighted by molar-refractivity contribution is 6.04. The molecule has 318 valence electrons. The van der Waals surface area contributed by atoms with E-state index in [1.807, 2.05) is 0 Å². The third kappa shape index (κ3) is 6.08. The first-order valence-electron chi connectivity index (χ1n) is 23.3. The van der Waals surface area contributed by atoms with Gasteiger partial charge in [-0.15, -0.1) is 0 Å². The van der Waals surface area contributed by atoms with Crippen LogP contribution in [-0.4, -0.2) is 0 Å². The molecular weight excluding hydrogens is 797 g/mol. The highest BCUT2D eigenvalue weighted by Gasteiger charge is 2.44. The Morgan fingerprint density at radius 2 is 0.667 bits per heavy atom. The molecule has 10 aromatic carbocycles. The first-order valence-corrected chi connectivity index (χ1v) is 23.3. The van der Waals surface area contributed by atoms with Crippen molar-refractivity contribution in [3.8, 4) is 33.4 Å². The van der Waals surface area contributed by atoms with Crippen molar-refractivity contribution in [3.63, 3.8) is 0 Å². The van der Waals surface area contributed by atoms with Crippen molar-refractivity contribution in [1.82, 2.24) is 0 Å². The summed E-state index contributed by atoms with van der Waals surface area (Å²) >= 11 is 0. The van der Waals surface area contributed by atoms with Crippen molar-refractivity contribution >= 4 is 55.7 Å². The molecule has 0 atom stereocenters. The van der Waals surface area contributed by atoms with Gasteiger partial charge in [0.15, 0.2) is 0 Å². The van der Waals surface area contributed by atoms with E-state index in [9.17, 15) is 0 Å². The standard InChI is InChI=1S/C64H52N2/c1-41-25-31-53-55(37-41)63(3,4)61-51(33-35-57(59(53)61)65(47-21-9-7-10-22-47)49-29-27-43-17-13-15-19-45(43)39-49)52-34-36-58(60-54-32-26-42(2)38-56(54)64(5,6)62(52)60)66(48-23-11-8-12-24-48)50-30-28-44-18-14-16-20-46(44)40-50/h7-40H,1-6H3. The lowest BCUT2D eigenvalue weighted by molar-refractivity contribution is 0.654. The normalized spacial score (nSPS) is 13.8. The van der Waals surface area contributed by atoms with Crippen molar-refractivity contribution in [2.45, 2.75) is 52.4 Å². The van der Waals surface area contributed by atoms with Crippen molar-refractivity contribution < 1.29 is 0 Å². The highest BCUT2D eigenvalue weighted by Crippen LogP contribution is 2.62. The van der Waals surface area contributed by atoms with Crippen molar-refractivity contribution in [3.05, 3.63) is 240 Å². The number of fused-ring (bicyclic) bond motifs is 8. The lowest BCUT2D eigenvalue weighted by Crippen LogP contribution is -2.20. The van der Waals surface area contributed by atoms with Crippen LogP contribution in [0.1, 0.15) is 61.1 Å². The van der Waals surface area contributed by atoms with Gasteiger partial charge in [-0.1, -0.05) is 184 Å². The van der Waals surface area contributed by atoms with Gasteiger partial charge in [-0.25, -0.2) is 0 Å². The molecule has 0 bridgehead atoms. The largest absolute Gasteiger partial charge is 0.310 e. The molecule has 10 aromatic rings. The van der Waals surface area contributed by atoms with E-state index in [4.69, 9.17) is 0 Å². The molecule has 0 radical (unpaired) electrons. The third-order valence-electron chi connectivity index (χ3n) is 14.6. The lowest BCUT2D eigenvalue weighted by atomic mass is 9.74. The maximum atomic E-state index is 2.48. The van der Waals surface area contributed by atoms with Gasteiger partial charge in [-0.2, -0.15) is 0 Å². The Morgan fingerprint density at radius 1 is 0.303 bits per heavy atom. The van der Waals surface area contributed by atoms with Gasteiger partial charge in [-0.05, 0) is 141 Å². The van der Waals surface area contributed by atoms with Crippen LogP contribution in [0.5, 0.6) is 0 Å². The van der Waals surface area contributed by atoms with E-state index in [1.54, 1.807) is 0 Å². The maximum absolute atomic E-state index is 2.48. The van der Waals surface area contributed by atoms with Crippen LogP contribution in [0.25, 0.3) is 54.9 Å². The number of hydrogen-bond acceptors (Lipinski definition) is 2. The number of nitrogens with zero attached hydrogens (tertiary/aromatic N) is 2. The summed E-state index contributed by atoms with van der Waals surface area (Å²) in [5.74, 6) is 0. The number of rotatable bonds is 7. The van der Waals surface area contributed by atoms with Gasteiger partial charge >= 0.3 is 0 Å². The second kappa shape index (κ2) is 14.9. The molecule has 0 aliphatic heterocycles. The Labute approximate surface area is 389 Å². The Morgan fingerprint density at radius 3 is 1.08 bits per heavy atom. The molecule has 0 saturated heterocycles. The molecule has 0 heterocycles. The first kappa shape index (κ1) is 39.9. The lowest BCUT2D eigenvalue weighted by Gasteiger charge is -2.33. The minimum atomic E-state index is -0.299. The summed E-state index contributed by atoms with van der Waals surface area (Å²) in [6.45, 7) is 14.2. The molecule has 0 amide bonds. The molecule has 0 aromatic heterocycles. The summed E-state index contributed by atoms with van der Waals surface area (Å²) in [6.07, 6.45) is 0. The van der Waals surface area contributed by atoms with E-state index in [2.05, 4.69) is 258 Å². The first-order chi connectivity index (χ1) is 32.1. The summed E-state index contributed by atoms with van der Waals surface area (Å²) in [6, 6.07) is 76.9. The zero-order valence-corrected chi connectivity index (χ0v) is 38.5. The average Bonchev–Trinajstić information content (AvgIpc) is 3.72. The second-order valence-corrected chi connectivity index (χ2v) is 19.5. The minimum absolute atomic E-state index is 0.299. The van der Waals surface area contributed by atoms with Gasteiger partial charge in [0.05, 0.1) is 11.4 Å². The topological polar surface area (TPSA) is 6.48 Å². The Hall–Kier alpha value is -7.68. The molecule has 2 aliphatic carbocycles. The van der Waals surface area contributed by atoms with Gasteiger partial charge < -0.3 is 9.80 Å². The van der Waals surface area contributed by atoms with Gasteiger partial charge in [-0.3, -0.25) is 0 Å². The van der Waals surface area contributed by atoms with Gasteiger partial charge in [0.25, 0.3) is 0 Å². The zero-order chi connectivity index (χ0) is 44.9. The summed E-state index contributed by atoms with van der Waals surface area (Å²) in [5, 5.41) is 4.92. The molecule has 2 nitrogen and oxygen atoms in total. The molecule has 0 unspecified atom stereocenters. The van der Waals surface area contributed by atoms with E-state index in [1.165, 1.54) is 99.7 Å². The molecule has 0 fully saturated rings. The average molecular weight is 849 g/mol. The summed E-state index contributed by atoms with van der Waals surface area (Å²) in [7, 11) is 0. The highest BCUT2D eigenvalue weighted by atomic mass is 15.2. The number of aryl methyl sites for hydroxylation is 2. The number of para-hydroxylation sites is 2. The molecule has 2 aliphatic rings. The summed E-state index contributed by atoms with van der Waals surface area (Å²) in [5.41, 5.74) is 22.1. The van der Waals surface area contributed by atoms with Gasteiger partial charge in [0.1, 0.15) is 0 Å². The van der Waals surface area contributed by atoms with E-state index < -0.39 is 0 Å². The van der Waals surface area contributed by atoms with Crippen LogP contribution in [-0.2, 0) is 10.8 Å². The quantitative estimate of drug-likeness (QED) is 0.158. The Bertz CT molecular complexity index is 3320. The van der Waals surface area contributed by atoms with E-state index >= 15 is 0 Å². The summed E-state index contributed by atoms with van der Waals surface area (Å²) in [4.78, 5) is 4.97. The number of hydrogen-bond donors (Lipinski definition) is 0. The molecule has 0 spiro atoms. The Kier molecular flexibility index (Phi) is 9.03. The predicted octanol–water partition coefficient (Wildman–Crippen LogP) is 17.8. The van der Waals surface area contributed by atoms with Crippen LogP contribution in [0.2, 0.25) is 0 Å². The van der Waals surface area contributed by atoms with E-state index in [0.29, 0.717) is 0 Å². The van der Waals surface area contributed by atoms with Crippen molar-refractivity contribution in [2.75, 3.05) is 9.80 Å². The second-order valence-electron chi connectivity index (χ2n) is 19.5. The molecule has 0 N–H and O–H groups in total. The van der Waals surface area contributed by atoms with Gasteiger partial charge in [0.2, 0.25) is 0 Å². The monoisotopic (exact) mass is 848 g/mol. The molecule has 0 saturated carbocycles. The van der Waals surface area contributed by atoms with Gasteiger partial charge in [0, 0.05) is 44.7 Å². The van der Waals surface area contributed by atoms with E-state index in [-0.39, 0.29) is 10.8 Å². The van der Waals surface area contributed by atoms with Crippen molar-refractivity contribution in [1.29, 1.82) is 0 Å². The number of anilines is 6. The number of benzene rings is 10. The van der Waals surface area contributed by atoms with Crippen LogP contribution < -0.4 is 9.80 Å². The maximum Gasteiger partial charge on any atom is 0.0543 e. The molecule has 12 rings (SSSR count). The van der Waals surface area contributed by atoms with Crippen LogP contribution in [0.4, 0.5) is 34.1 Å². The fourth-order valence-corrected chi connectivity index (χ4v) is 11.5. The van der Waals surface area contributed by atoms with Crippen molar-refractivity contribution in [2.24, 2.45) is 0 Å². The fraction of sp³-hybridized carbons (Fsp3) is 0.125. The molecule has 2 heteroatoms.